The Hall–Kier alpha value is -3.12. The predicted octanol–water partition coefficient (Wildman–Crippen LogP) is 5.25. The number of nitrogens with zero attached hydrogens (tertiary/aromatic N) is 2. The topological polar surface area (TPSA) is 21.4 Å². The molecule has 0 unspecified atom stereocenters. The molecule has 0 spiro atoms. The fraction of sp³-hybridized carbons (Fsp3) is 0.143. The fourth-order valence-electron chi connectivity index (χ4n) is 3.11. The molecule has 24 heavy (non-hydrogen) atoms. The molecule has 0 aliphatic carbocycles. The second kappa shape index (κ2) is 5.21. The largest absolute Gasteiger partial charge is 0.456 e. The molecule has 0 aliphatic rings. The average molecular weight is 317 g/mol. The first kappa shape index (κ1) is 10.6. The van der Waals surface area contributed by atoms with Crippen LogP contribution in [0.4, 0.5) is 5.69 Å². The first-order chi connectivity index (χ1) is 13.3. The van der Waals surface area contributed by atoms with E-state index in [0.717, 1.165) is 21.9 Å². The predicted molar refractivity (Wildman–Crippen MR) is 96.1 cm³/mol. The van der Waals surface area contributed by atoms with Crippen LogP contribution in [0.3, 0.4) is 0 Å². The van der Waals surface area contributed by atoms with E-state index < -0.39 is 0 Å². The zero-order valence-electron chi connectivity index (χ0n) is 17.6. The molecule has 0 saturated heterocycles. The summed E-state index contributed by atoms with van der Waals surface area (Å²) >= 11 is 0. The molecule has 4 aromatic rings. The highest BCUT2D eigenvalue weighted by molar-refractivity contribution is 6.11. The van der Waals surface area contributed by atoms with Crippen molar-refractivity contribution in [1.82, 2.24) is 0 Å². The SMILES string of the molecule is [2H]c1c([2H])c([2H])[n+](C)c(-c2c(C)ccc3c2oc2c(C)c([N+]#[C-])ccc23)c1[2H]. The van der Waals surface area contributed by atoms with Crippen LogP contribution < -0.4 is 4.57 Å². The van der Waals surface area contributed by atoms with Gasteiger partial charge in [0.05, 0.1) is 16.2 Å². The van der Waals surface area contributed by atoms with Gasteiger partial charge in [0, 0.05) is 22.9 Å². The molecule has 3 nitrogen and oxygen atoms in total. The third-order valence-corrected chi connectivity index (χ3v) is 4.40. The second-order valence-corrected chi connectivity index (χ2v) is 5.83. The van der Waals surface area contributed by atoms with Gasteiger partial charge in [-0.3, -0.25) is 0 Å². The van der Waals surface area contributed by atoms with Gasteiger partial charge >= 0.3 is 0 Å². The molecular weight excluding hydrogens is 296 g/mol. The van der Waals surface area contributed by atoms with Crippen LogP contribution in [0.1, 0.15) is 16.6 Å². The number of fused-ring (bicyclic) bond motifs is 3. The molecule has 3 heteroatoms. The van der Waals surface area contributed by atoms with Gasteiger partial charge in [-0.05, 0) is 31.0 Å². The molecular formula is C21H17N2O+. The van der Waals surface area contributed by atoms with Crippen molar-refractivity contribution in [3.63, 3.8) is 0 Å². The summed E-state index contributed by atoms with van der Waals surface area (Å²) in [5.41, 5.74) is 4.31. The smallest absolute Gasteiger partial charge is 0.216 e. The number of rotatable bonds is 1. The zero-order chi connectivity index (χ0) is 20.3. The molecule has 2 aromatic carbocycles. The van der Waals surface area contributed by atoms with Crippen LogP contribution in [0.5, 0.6) is 0 Å². The number of furan rings is 1. The normalized spacial score (nSPS) is 13.4. The van der Waals surface area contributed by atoms with E-state index in [-0.39, 0.29) is 24.3 Å². The summed E-state index contributed by atoms with van der Waals surface area (Å²) in [5, 5.41) is 1.73. The van der Waals surface area contributed by atoms with Crippen LogP contribution >= 0.6 is 0 Å². The molecule has 0 amide bonds. The number of hydrogen-bond acceptors (Lipinski definition) is 1. The van der Waals surface area contributed by atoms with Crippen LogP contribution in [0, 0.1) is 20.4 Å². The summed E-state index contributed by atoms with van der Waals surface area (Å²) in [5.74, 6) is 0. The average Bonchev–Trinajstić information content (AvgIpc) is 3.06. The van der Waals surface area contributed by atoms with Gasteiger partial charge in [-0.1, -0.05) is 24.3 Å². The first-order valence-corrected chi connectivity index (χ1v) is 7.57. The third-order valence-electron chi connectivity index (χ3n) is 4.40. The molecule has 0 fully saturated rings. The molecule has 2 heterocycles. The molecule has 0 atom stereocenters. The van der Waals surface area contributed by atoms with E-state index in [1.165, 1.54) is 4.57 Å². The molecule has 0 aliphatic heterocycles. The van der Waals surface area contributed by atoms with Crippen LogP contribution in [0.2, 0.25) is 0 Å². The molecule has 4 rings (SSSR count). The standard InChI is InChI=1S/C21H17N2O/c1-13-8-9-16-15-10-11-17(22-3)14(2)20(15)24-21(16)19(13)18-7-5-6-12-23(18)4/h5-12H,1-2,4H3/q+1/i5D,6D,7D,12D. The Morgan fingerprint density at radius 2 is 1.83 bits per heavy atom. The van der Waals surface area contributed by atoms with Crippen molar-refractivity contribution in [2.75, 3.05) is 0 Å². The van der Waals surface area contributed by atoms with Gasteiger partial charge in [0.25, 0.3) is 0 Å². The lowest BCUT2D eigenvalue weighted by molar-refractivity contribution is -0.660. The van der Waals surface area contributed by atoms with Gasteiger partial charge in [0.2, 0.25) is 5.69 Å². The molecule has 2 aromatic heterocycles. The minimum atomic E-state index is -0.280. The lowest BCUT2D eigenvalue weighted by atomic mass is 10.00. The lowest BCUT2D eigenvalue weighted by Gasteiger charge is -2.04. The van der Waals surface area contributed by atoms with E-state index in [2.05, 4.69) is 4.85 Å². The van der Waals surface area contributed by atoms with Gasteiger partial charge in [-0.15, -0.1) is 0 Å². The summed E-state index contributed by atoms with van der Waals surface area (Å²) in [6.45, 7) is 11.1. The van der Waals surface area contributed by atoms with Crippen molar-refractivity contribution in [2.24, 2.45) is 7.05 Å². The minimum Gasteiger partial charge on any atom is -0.456 e. The molecule has 116 valence electrons. The fourth-order valence-corrected chi connectivity index (χ4v) is 3.11. The van der Waals surface area contributed by atoms with Gasteiger partial charge in [-0.2, -0.15) is 0 Å². The Kier molecular flexibility index (Phi) is 2.30. The van der Waals surface area contributed by atoms with Crippen molar-refractivity contribution < 1.29 is 14.5 Å². The molecule has 0 N–H and O–H groups in total. The summed E-state index contributed by atoms with van der Waals surface area (Å²) in [6, 6.07) is 6.84. The highest BCUT2D eigenvalue weighted by Crippen LogP contribution is 2.39. The Morgan fingerprint density at radius 1 is 1.08 bits per heavy atom. The zero-order valence-corrected chi connectivity index (χ0v) is 13.6. The number of aryl methyl sites for hydroxylation is 2. The van der Waals surface area contributed by atoms with Crippen molar-refractivity contribution in [1.29, 1.82) is 0 Å². The van der Waals surface area contributed by atoms with E-state index in [0.29, 0.717) is 28.1 Å². The number of benzene rings is 2. The monoisotopic (exact) mass is 317 g/mol. The Morgan fingerprint density at radius 3 is 2.62 bits per heavy atom. The Balaban J connectivity index is 2.21. The summed E-state index contributed by atoms with van der Waals surface area (Å²) in [7, 11) is 1.62. The molecule has 0 saturated carbocycles. The minimum absolute atomic E-state index is 0.113. The van der Waals surface area contributed by atoms with E-state index in [9.17, 15) is 0 Å². The molecule has 0 bridgehead atoms. The van der Waals surface area contributed by atoms with Crippen LogP contribution in [0.25, 0.3) is 38.0 Å². The van der Waals surface area contributed by atoms with E-state index in [4.69, 9.17) is 16.5 Å². The summed E-state index contributed by atoms with van der Waals surface area (Å²) in [4.78, 5) is 3.54. The quantitative estimate of drug-likeness (QED) is 0.347. The summed E-state index contributed by atoms with van der Waals surface area (Å²) < 4.78 is 40.2. The Bertz CT molecular complexity index is 1320. The number of pyridine rings is 1. The van der Waals surface area contributed by atoms with E-state index >= 15 is 0 Å². The maximum atomic E-state index is 8.43. The van der Waals surface area contributed by atoms with E-state index in [1.807, 2.05) is 32.0 Å². The van der Waals surface area contributed by atoms with Crippen LogP contribution in [0.15, 0.2) is 53.0 Å². The Labute approximate surface area is 146 Å². The second-order valence-electron chi connectivity index (χ2n) is 5.83. The number of aromatic nitrogens is 1. The maximum absolute atomic E-state index is 8.43. The number of hydrogen-bond donors (Lipinski definition) is 0. The van der Waals surface area contributed by atoms with Crippen molar-refractivity contribution >= 4 is 27.6 Å². The van der Waals surface area contributed by atoms with Gasteiger partial charge in [0.15, 0.2) is 11.9 Å². The van der Waals surface area contributed by atoms with Crippen molar-refractivity contribution in [3.8, 4) is 11.3 Å². The van der Waals surface area contributed by atoms with Crippen molar-refractivity contribution in [2.45, 2.75) is 13.8 Å². The maximum Gasteiger partial charge on any atom is 0.216 e. The lowest BCUT2D eigenvalue weighted by Crippen LogP contribution is -2.30. The van der Waals surface area contributed by atoms with Gasteiger partial charge in [-0.25, -0.2) is 9.41 Å². The highest BCUT2D eigenvalue weighted by Gasteiger charge is 2.21. The van der Waals surface area contributed by atoms with Gasteiger partial charge < -0.3 is 4.42 Å². The highest BCUT2D eigenvalue weighted by atomic mass is 16.3. The first-order valence-electron chi connectivity index (χ1n) is 9.57. The van der Waals surface area contributed by atoms with Crippen LogP contribution in [-0.2, 0) is 7.05 Å². The molecule has 0 radical (unpaired) electrons. The van der Waals surface area contributed by atoms with Gasteiger partial charge in [0.1, 0.15) is 19.6 Å². The van der Waals surface area contributed by atoms with Crippen LogP contribution in [-0.4, -0.2) is 0 Å². The summed E-state index contributed by atoms with van der Waals surface area (Å²) in [6.07, 6.45) is -0.130. The third kappa shape index (κ3) is 1.93. The van der Waals surface area contributed by atoms with Crippen molar-refractivity contribution in [3.05, 3.63) is 71.1 Å². The van der Waals surface area contributed by atoms with E-state index in [1.54, 1.807) is 13.1 Å².